The SMILES string of the molecule is Nc1nc(Cl)nc2c1ncn2[C@@H]1O[C@H](COC(CCCc2ccc(-c3ccccc3C(=O)O)cc2)(C(=O)O)c2nn[nH]n2)[C@@H](O)[C@H]1O. The molecular weight excluding hydrogens is 638 g/mol. The van der Waals surface area contributed by atoms with E-state index in [2.05, 4.69) is 35.6 Å². The molecule has 3 aromatic heterocycles. The van der Waals surface area contributed by atoms with Crippen molar-refractivity contribution in [2.24, 2.45) is 0 Å². The Balaban J connectivity index is 1.17. The summed E-state index contributed by atoms with van der Waals surface area (Å²) in [6.07, 6.45) is -3.41. The van der Waals surface area contributed by atoms with E-state index in [0.29, 0.717) is 18.4 Å². The van der Waals surface area contributed by atoms with Crippen LogP contribution in [0, 0.1) is 0 Å². The van der Waals surface area contributed by atoms with Crippen LogP contribution in [-0.2, 0) is 26.3 Å². The number of hydrogen-bond acceptors (Lipinski definition) is 13. The lowest BCUT2D eigenvalue weighted by Crippen LogP contribution is -2.44. The molecule has 0 spiro atoms. The average molecular weight is 666 g/mol. The van der Waals surface area contributed by atoms with Crippen LogP contribution in [0.5, 0.6) is 0 Å². The Morgan fingerprint density at radius 3 is 2.55 bits per heavy atom. The number of rotatable bonds is 12. The summed E-state index contributed by atoms with van der Waals surface area (Å²) in [4.78, 5) is 36.5. The quantitative estimate of drug-likeness (QED) is 0.103. The van der Waals surface area contributed by atoms with E-state index < -0.39 is 48.7 Å². The Labute approximate surface area is 270 Å². The number of ether oxygens (including phenoxy) is 2. The van der Waals surface area contributed by atoms with Crippen molar-refractivity contribution in [3.8, 4) is 11.1 Å². The molecule has 1 aliphatic heterocycles. The number of carbonyl (C=O) groups is 2. The van der Waals surface area contributed by atoms with E-state index in [-0.39, 0.29) is 40.1 Å². The third-order valence-corrected chi connectivity index (χ3v) is 8.16. The minimum absolute atomic E-state index is 0.0116. The summed E-state index contributed by atoms with van der Waals surface area (Å²) in [6.45, 7) is -0.474. The minimum Gasteiger partial charge on any atom is -0.479 e. The lowest BCUT2D eigenvalue weighted by molar-refractivity contribution is -0.179. The number of carboxylic acid groups (broad SMARTS) is 2. The Bertz CT molecular complexity index is 1910. The number of aryl methyl sites for hydroxylation is 1. The summed E-state index contributed by atoms with van der Waals surface area (Å²) in [5, 5.41) is 55.0. The molecular formula is C29H28ClN9O8. The van der Waals surface area contributed by atoms with Crippen LogP contribution in [-0.4, -0.2) is 97.4 Å². The molecule has 6 rings (SSSR count). The maximum absolute atomic E-state index is 12.8. The normalized spacial score (nSPS) is 20.7. The maximum Gasteiger partial charge on any atom is 0.344 e. The van der Waals surface area contributed by atoms with Crippen molar-refractivity contribution in [1.82, 2.24) is 40.1 Å². The topological polar surface area (TPSA) is 258 Å². The van der Waals surface area contributed by atoms with Crippen molar-refractivity contribution >= 4 is 40.5 Å². The molecule has 5 aromatic rings. The number of nitrogens with zero attached hydrogens (tertiary/aromatic N) is 7. The highest BCUT2D eigenvalue weighted by Gasteiger charge is 2.49. The van der Waals surface area contributed by atoms with Crippen LogP contribution in [0.4, 0.5) is 5.82 Å². The molecule has 5 atom stereocenters. The molecule has 18 heteroatoms. The average Bonchev–Trinajstić information content (AvgIpc) is 3.80. The number of carboxylic acids is 2. The largest absolute Gasteiger partial charge is 0.479 e. The monoisotopic (exact) mass is 665 g/mol. The van der Waals surface area contributed by atoms with Gasteiger partial charge in [-0.1, -0.05) is 47.7 Å². The molecule has 47 heavy (non-hydrogen) atoms. The Hall–Kier alpha value is -5.07. The maximum atomic E-state index is 12.8. The zero-order valence-corrected chi connectivity index (χ0v) is 25.1. The summed E-state index contributed by atoms with van der Waals surface area (Å²) < 4.78 is 13.2. The molecule has 4 heterocycles. The van der Waals surface area contributed by atoms with Crippen LogP contribution < -0.4 is 5.73 Å². The van der Waals surface area contributed by atoms with Crippen LogP contribution in [0.1, 0.15) is 40.8 Å². The number of aromatic carboxylic acids is 1. The number of nitrogen functional groups attached to an aromatic ring is 1. The first-order valence-electron chi connectivity index (χ1n) is 14.3. The summed E-state index contributed by atoms with van der Waals surface area (Å²) in [6, 6.07) is 14.0. The molecule has 1 saturated heterocycles. The number of nitrogens with two attached hydrogens (primary N) is 1. The number of benzene rings is 2. The summed E-state index contributed by atoms with van der Waals surface area (Å²) in [5.74, 6) is -2.65. The number of imidazole rings is 1. The fourth-order valence-electron chi connectivity index (χ4n) is 5.58. The van der Waals surface area contributed by atoms with Crippen molar-refractivity contribution in [1.29, 1.82) is 0 Å². The lowest BCUT2D eigenvalue weighted by atomic mass is 9.93. The molecule has 0 amide bonds. The lowest BCUT2D eigenvalue weighted by Gasteiger charge is -2.28. The predicted octanol–water partition coefficient (Wildman–Crippen LogP) is 1.58. The highest BCUT2D eigenvalue weighted by Crippen LogP contribution is 2.36. The smallest absolute Gasteiger partial charge is 0.344 e. The van der Waals surface area contributed by atoms with Gasteiger partial charge >= 0.3 is 11.9 Å². The molecule has 1 unspecified atom stereocenters. The fraction of sp³-hybridized carbons (Fsp3) is 0.310. The number of aliphatic carboxylic acids is 1. The first kappa shape index (κ1) is 31.9. The van der Waals surface area contributed by atoms with Crippen LogP contribution in [0.15, 0.2) is 54.9 Å². The van der Waals surface area contributed by atoms with Crippen LogP contribution >= 0.6 is 11.6 Å². The molecule has 244 valence electrons. The molecule has 0 aliphatic carbocycles. The van der Waals surface area contributed by atoms with E-state index in [1.807, 2.05) is 12.1 Å². The van der Waals surface area contributed by atoms with Gasteiger partial charge in [0, 0.05) is 0 Å². The number of halogens is 1. The van der Waals surface area contributed by atoms with Gasteiger partial charge in [-0.05, 0) is 53.6 Å². The van der Waals surface area contributed by atoms with Crippen LogP contribution in [0.3, 0.4) is 0 Å². The number of nitrogens with one attached hydrogen (secondary N) is 1. The molecule has 1 fully saturated rings. The molecule has 0 bridgehead atoms. The molecule has 17 nitrogen and oxygen atoms in total. The molecule has 1 aliphatic rings. The van der Waals surface area contributed by atoms with Gasteiger partial charge in [0.25, 0.3) is 0 Å². The Kier molecular flexibility index (Phi) is 8.80. The number of aromatic nitrogens is 8. The first-order valence-corrected chi connectivity index (χ1v) is 14.7. The van der Waals surface area contributed by atoms with Crippen molar-refractivity contribution in [3.05, 3.63) is 77.1 Å². The van der Waals surface area contributed by atoms with Gasteiger partial charge in [-0.3, -0.25) is 4.57 Å². The molecule has 2 aromatic carbocycles. The molecule has 7 N–H and O–H groups in total. The number of aromatic amines is 1. The number of fused-ring (bicyclic) bond motifs is 1. The molecule has 0 saturated carbocycles. The number of H-pyrrole nitrogens is 1. The first-order chi connectivity index (χ1) is 22.6. The van der Waals surface area contributed by atoms with Crippen LogP contribution in [0.2, 0.25) is 5.28 Å². The van der Waals surface area contributed by atoms with Crippen molar-refractivity contribution in [2.75, 3.05) is 12.3 Å². The number of aliphatic hydroxyl groups is 2. The summed E-state index contributed by atoms with van der Waals surface area (Å²) >= 11 is 5.95. The second kappa shape index (κ2) is 13.0. The standard InChI is InChI=1S/C29H28ClN9O8/c30-28-33-22(31)19-23(34-28)39(13-32-19)24-21(41)20(40)18(47-24)12-46-29(27(44)45,26-35-37-38-36-26)11-3-4-14-7-9-15(10-8-14)16-5-1-2-6-17(16)25(42)43/h1-2,5-10,13,18,20-21,24,40-41H,3-4,11-12H2,(H,42,43)(H,44,45)(H2,31,33,34)(H,35,36,37,38)/t18-,20-,21-,24-,29?/m1/s1. The van der Waals surface area contributed by atoms with Crippen molar-refractivity contribution in [3.63, 3.8) is 0 Å². The van der Waals surface area contributed by atoms with E-state index in [1.165, 1.54) is 17.0 Å². The third kappa shape index (κ3) is 6.09. The Morgan fingerprint density at radius 1 is 1.09 bits per heavy atom. The second-order valence-corrected chi connectivity index (χ2v) is 11.2. The van der Waals surface area contributed by atoms with Gasteiger partial charge in [0.1, 0.15) is 23.8 Å². The van der Waals surface area contributed by atoms with Crippen molar-refractivity contribution < 1.29 is 39.5 Å². The van der Waals surface area contributed by atoms with Gasteiger partial charge in [-0.25, -0.2) is 14.6 Å². The summed E-state index contributed by atoms with van der Waals surface area (Å²) in [5.41, 5.74) is 6.50. The number of tetrazole rings is 1. The summed E-state index contributed by atoms with van der Waals surface area (Å²) in [7, 11) is 0. The van der Waals surface area contributed by atoms with Gasteiger partial charge in [0.05, 0.1) is 18.5 Å². The van der Waals surface area contributed by atoms with E-state index in [1.54, 1.807) is 30.3 Å². The predicted molar refractivity (Wildman–Crippen MR) is 162 cm³/mol. The number of aliphatic hydroxyl groups excluding tert-OH is 2. The third-order valence-electron chi connectivity index (χ3n) is 8.00. The minimum atomic E-state index is -2.09. The van der Waals surface area contributed by atoms with Gasteiger partial charge in [-0.2, -0.15) is 15.2 Å². The number of hydrogen-bond donors (Lipinski definition) is 6. The van der Waals surface area contributed by atoms with E-state index in [0.717, 1.165) is 11.1 Å². The highest BCUT2D eigenvalue weighted by atomic mass is 35.5. The highest BCUT2D eigenvalue weighted by molar-refractivity contribution is 6.28. The van der Waals surface area contributed by atoms with E-state index in [4.69, 9.17) is 26.8 Å². The second-order valence-electron chi connectivity index (χ2n) is 10.8. The van der Waals surface area contributed by atoms with E-state index >= 15 is 0 Å². The van der Waals surface area contributed by atoms with Crippen LogP contribution in [0.25, 0.3) is 22.3 Å². The fourth-order valence-corrected chi connectivity index (χ4v) is 5.75. The van der Waals surface area contributed by atoms with E-state index in [9.17, 15) is 30.0 Å². The zero-order valence-electron chi connectivity index (χ0n) is 24.3. The molecule has 0 radical (unpaired) electrons. The Morgan fingerprint density at radius 2 is 1.85 bits per heavy atom. The zero-order chi connectivity index (χ0) is 33.3. The van der Waals surface area contributed by atoms with Gasteiger partial charge in [0.15, 0.2) is 17.7 Å². The van der Waals surface area contributed by atoms with Crippen molar-refractivity contribution in [2.45, 2.75) is 49.4 Å². The number of anilines is 1. The van der Waals surface area contributed by atoms with Gasteiger partial charge in [0.2, 0.25) is 16.7 Å². The van der Waals surface area contributed by atoms with Gasteiger partial charge in [-0.15, -0.1) is 10.2 Å². The van der Waals surface area contributed by atoms with Gasteiger partial charge < -0.3 is 35.6 Å².